The first-order chi connectivity index (χ1) is 9.91. The van der Waals surface area contributed by atoms with E-state index in [-0.39, 0.29) is 22.3 Å². The maximum absolute atomic E-state index is 12.5. The number of nitro groups is 1. The third-order valence-corrected chi connectivity index (χ3v) is 4.23. The molecule has 1 N–H and O–H groups in total. The molecule has 2 atom stereocenters. The number of rotatable bonds is 3. The molecule has 0 radical (unpaired) electrons. The summed E-state index contributed by atoms with van der Waals surface area (Å²) in [6, 6.07) is 3.50. The fourth-order valence-electron chi connectivity index (χ4n) is 2.67. The summed E-state index contributed by atoms with van der Waals surface area (Å²) in [4.78, 5) is 24.2. The number of hydrogen-bond donors (Lipinski definition) is 1. The molecule has 0 bridgehead atoms. The van der Waals surface area contributed by atoms with Gasteiger partial charge in [0.2, 0.25) is 0 Å². The Balaban J connectivity index is 2.26. The van der Waals surface area contributed by atoms with Crippen LogP contribution in [0.25, 0.3) is 0 Å². The number of carbonyl (C=O) groups is 1. The van der Waals surface area contributed by atoms with Gasteiger partial charge in [0.05, 0.1) is 27.7 Å². The third-order valence-electron chi connectivity index (χ3n) is 3.90. The number of halogens is 1. The van der Waals surface area contributed by atoms with Crippen molar-refractivity contribution in [2.75, 3.05) is 7.05 Å². The lowest BCUT2D eigenvalue weighted by Gasteiger charge is -2.35. The van der Waals surface area contributed by atoms with E-state index in [9.17, 15) is 20.0 Å². The first kappa shape index (κ1) is 15.7. The Bertz CT molecular complexity index is 564. The lowest BCUT2D eigenvalue weighted by atomic mass is 9.91. The number of nitrogens with zero attached hydrogens (tertiary/aromatic N) is 2. The van der Waals surface area contributed by atoms with E-state index in [4.69, 9.17) is 11.6 Å². The number of amides is 1. The Morgan fingerprint density at radius 2 is 2.10 bits per heavy atom. The van der Waals surface area contributed by atoms with Crippen molar-refractivity contribution in [2.24, 2.45) is 0 Å². The minimum absolute atomic E-state index is 0.0890. The first-order valence-electron chi connectivity index (χ1n) is 6.81. The summed E-state index contributed by atoms with van der Waals surface area (Å²) in [6.07, 6.45) is 2.70. The molecular formula is C14H17ClN2O4. The zero-order valence-corrected chi connectivity index (χ0v) is 12.4. The summed E-state index contributed by atoms with van der Waals surface area (Å²) in [5.41, 5.74) is -0.0912. The molecule has 0 unspecified atom stereocenters. The molecular weight excluding hydrogens is 296 g/mol. The second-order valence-corrected chi connectivity index (χ2v) is 5.66. The van der Waals surface area contributed by atoms with E-state index in [0.29, 0.717) is 6.42 Å². The maximum atomic E-state index is 12.5. The van der Waals surface area contributed by atoms with Crippen molar-refractivity contribution >= 4 is 23.2 Å². The van der Waals surface area contributed by atoms with Crippen molar-refractivity contribution in [1.82, 2.24) is 4.90 Å². The average Bonchev–Trinajstić information content (AvgIpc) is 2.46. The molecule has 1 aromatic carbocycles. The molecule has 2 rings (SSSR count). The molecule has 6 nitrogen and oxygen atoms in total. The van der Waals surface area contributed by atoms with Crippen LogP contribution in [0.5, 0.6) is 0 Å². The fourth-order valence-corrected chi connectivity index (χ4v) is 2.87. The van der Waals surface area contributed by atoms with Gasteiger partial charge < -0.3 is 10.0 Å². The second-order valence-electron chi connectivity index (χ2n) is 5.26. The molecule has 1 aliphatic carbocycles. The number of nitro benzene ring substituents is 1. The highest BCUT2D eigenvalue weighted by Gasteiger charge is 2.31. The van der Waals surface area contributed by atoms with Crippen LogP contribution in [0.2, 0.25) is 5.02 Å². The first-order valence-corrected chi connectivity index (χ1v) is 7.18. The molecule has 7 heteroatoms. The van der Waals surface area contributed by atoms with Crippen LogP contribution in [-0.2, 0) is 0 Å². The molecule has 0 saturated heterocycles. The highest BCUT2D eigenvalue weighted by atomic mass is 35.5. The van der Waals surface area contributed by atoms with Crippen molar-refractivity contribution in [3.05, 3.63) is 38.9 Å². The maximum Gasteiger partial charge on any atom is 0.270 e. The van der Waals surface area contributed by atoms with Crippen LogP contribution in [0.1, 0.15) is 36.0 Å². The van der Waals surface area contributed by atoms with E-state index in [1.165, 1.54) is 23.1 Å². The van der Waals surface area contributed by atoms with E-state index >= 15 is 0 Å². The largest absolute Gasteiger partial charge is 0.391 e. The van der Waals surface area contributed by atoms with Crippen LogP contribution in [-0.4, -0.2) is 40.0 Å². The molecule has 0 spiro atoms. The van der Waals surface area contributed by atoms with E-state index in [1.807, 2.05) is 0 Å². The molecule has 0 aliphatic heterocycles. The zero-order chi connectivity index (χ0) is 15.6. The molecule has 114 valence electrons. The van der Waals surface area contributed by atoms with Crippen LogP contribution < -0.4 is 0 Å². The van der Waals surface area contributed by atoms with Gasteiger partial charge in [0, 0.05) is 19.2 Å². The predicted molar refractivity (Wildman–Crippen MR) is 78.5 cm³/mol. The van der Waals surface area contributed by atoms with Crippen molar-refractivity contribution in [3.63, 3.8) is 0 Å². The van der Waals surface area contributed by atoms with Crippen LogP contribution >= 0.6 is 11.6 Å². The monoisotopic (exact) mass is 312 g/mol. The van der Waals surface area contributed by atoms with Gasteiger partial charge >= 0.3 is 0 Å². The van der Waals surface area contributed by atoms with Crippen molar-refractivity contribution in [3.8, 4) is 0 Å². The lowest BCUT2D eigenvalue weighted by molar-refractivity contribution is -0.384. The molecule has 1 aromatic rings. The molecule has 1 fully saturated rings. The van der Waals surface area contributed by atoms with Gasteiger partial charge in [0.25, 0.3) is 11.6 Å². The highest BCUT2D eigenvalue weighted by molar-refractivity contribution is 6.33. The van der Waals surface area contributed by atoms with Gasteiger partial charge in [-0.3, -0.25) is 14.9 Å². The van der Waals surface area contributed by atoms with E-state index in [0.717, 1.165) is 19.3 Å². The van der Waals surface area contributed by atoms with E-state index in [1.54, 1.807) is 7.05 Å². The standard InChI is InChI=1S/C14H17ClN2O4/c1-16(12-4-2-3-5-13(12)18)14(19)10-8-9(17(20)21)6-7-11(10)15/h6-8,12-13,18H,2-5H2,1H3/t12-,13-/m1/s1. The summed E-state index contributed by atoms with van der Waals surface area (Å²) in [6.45, 7) is 0. The van der Waals surface area contributed by atoms with Gasteiger partial charge in [-0.25, -0.2) is 0 Å². The summed E-state index contributed by atoms with van der Waals surface area (Å²) >= 11 is 5.98. The fraction of sp³-hybridized carbons (Fsp3) is 0.500. The minimum atomic E-state index is -0.567. The summed E-state index contributed by atoms with van der Waals surface area (Å²) in [5, 5.41) is 21.0. The topological polar surface area (TPSA) is 83.7 Å². The average molecular weight is 313 g/mol. The minimum Gasteiger partial charge on any atom is -0.391 e. The van der Waals surface area contributed by atoms with Gasteiger partial charge in [-0.05, 0) is 18.9 Å². The third kappa shape index (κ3) is 3.33. The number of hydrogen-bond acceptors (Lipinski definition) is 4. The van der Waals surface area contributed by atoms with Gasteiger partial charge in [-0.15, -0.1) is 0 Å². The quantitative estimate of drug-likeness (QED) is 0.687. The SMILES string of the molecule is CN(C(=O)c1cc([N+](=O)[O-])ccc1Cl)[C@@H]1CCCC[C@H]1O. The van der Waals surface area contributed by atoms with Crippen molar-refractivity contribution < 1.29 is 14.8 Å². The Kier molecular flexibility index (Phi) is 4.80. The highest BCUT2D eigenvalue weighted by Crippen LogP contribution is 2.27. The van der Waals surface area contributed by atoms with E-state index < -0.39 is 16.9 Å². The summed E-state index contributed by atoms with van der Waals surface area (Å²) < 4.78 is 0. The second kappa shape index (κ2) is 6.41. The Labute approximate surface area is 127 Å². The molecule has 21 heavy (non-hydrogen) atoms. The molecule has 0 aromatic heterocycles. The van der Waals surface area contributed by atoms with E-state index in [2.05, 4.69) is 0 Å². The van der Waals surface area contributed by atoms with Crippen LogP contribution in [0.3, 0.4) is 0 Å². The normalized spacial score (nSPS) is 21.9. The number of benzene rings is 1. The Morgan fingerprint density at radius 1 is 1.43 bits per heavy atom. The molecule has 1 aliphatic rings. The number of non-ortho nitro benzene ring substituents is 1. The summed E-state index contributed by atoms with van der Waals surface area (Å²) in [5.74, 6) is -0.408. The number of aliphatic hydroxyl groups is 1. The number of carbonyl (C=O) groups excluding carboxylic acids is 1. The van der Waals surface area contributed by atoms with Gasteiger partial charge in [-0.2, -0.15) is 0 Å². The molecule has 1 saturated carbocycles. The number of likely N-dealkylation sites (N-methyl/N-ethyl adjacent to an activating group) is 1. The van der Waals surface area contributed by atoms with Gasteiger partial charge in [0.1, 0.15) is 0 Å². The Hall–Kier alpha value is -1.66. The molecule has 0 heterocycles. The van der Waals surface area contributed by atoms with Gasteiger partial charge in [-0.1, -0.05) is 24.4 Å². The Morgan fingerprint density at radius 3 is 2.71 bits per heavy atom. The zero-order valence-electron chi connectivity index (χ0n) is 11.7. The molecule has 1 amide bonds. The lowest BCUT2D eigenvalue weighted by Crippen LogP contribution is -2.46. The smallest absolute Gasteiger partial charge is 0.270 e. The predicted octanol–water partition coefficient (Wildman–Crippen LogP) is 2.62. The van der Waals surface area contributed by atoms with Crippen molar-refractivity contribution in [1.29, 1.82) is 0 Å². The van der Waals surface area contributed by atoms with Gasteiger partial charge in [0.15, 0.2) is 0 Å². The van der Waals surface area contributed by atoms with Crippen LogP contribution in [0, 0.1) is 10.1 Å². The van der Waals surface area contributed by atoms with Crippen LogP contribution in [0.15, 0.2) is 18.2 Å². The summed E-state index contributed by atoms with van der Waals surface area (Å²) in [7, 11) is 1.59. The van der Waals surface area contributed by atoms with Crippen molar-refractivity contribution in [2.45, 2.75) is 37.8 Å². The number of aliphatic hydroxyl groups excluding tert-OH is 1. The van der Waals surface area contributed by atoms with Crippen LogP contribution in [0.4, 0.5) is 5.69 Å².